The Kier molecular flexibility index (Phi) is 4.23. The van der Waals surface area contributed by atoms with Crippen LogP contribution in [0.15, 0.2) is 17.1 Å². The molecule has 166 valence electrons. The Labute approximate surface area is 188 Å². The van der Waals surface area contributed by atoms with E-state index >= 15 is 0 Å². The van der Waals surface area contributed by atoms with Gasteiger partial charge in [-0.1, -0.05) is 18.5 Å². The molecule has 32 heavy (non-hydrogen) atoms. The number of hydrogen-bond donors (Lipinski definition) is 2. The van der Waals surface area contributed by atoms with Crippen molar-refractivity contribution in [3.05, 3.63) is 44.7 Å². The zero-order chi connectivity index (χ0) is 22.1. The number of anilines is 2. The van der Waals surface area contributed by atoms with Crippen LogP contribution in [0, 0.1) is 11.8 Å². The molecule has 1 unspecified atom stereocenters. The molecule has 2 aliphatic heterocycles. The maximum absolute atomic E-state index is 13.4. The summed E-state index contributed by atoms with van der Waals surface area (Å²) in [6.45, 7) is 3.92. The minimum Gasteiger partial charge on any atom is -0.368 e. The monoisotopic (exact) mass is 454 g/mol. The van der Waals surface area contributed by atoms with E-state index in [-0.39, 0.29) is 29.4 Å². The van der Waals surface area contributed by atoms with E-state index in [1.54, 1.807) is 21.3 Å². The number of nitrogens with zero attached hydrogens (tertiary/aromatic N) is 6. The summed E-state index contributed by atoms with van der Waals surface area (Å²) in [5.74, 6) is 1.78. The molecule has 11 heteroatoms. The number of nitrogen functional groups attached to an aromatic ring is 1. The van der Waals surface area contributed by atoms with Gasteiger partial charge in [-0.3, -0.25) is 14.2 Å². The molecule has 2 atom stereocenters. The molecule has 6 rings (SSSR count). The first-order valence-electron chi connectivity index (χ1n) is 10.9. The van der Waals surface area contributed by atoms with Crippen molar-refractivity contribution in [2.24, 2.45) is 11.8 Å². The number of rotatable bonds is 4. The van der Waals surface area contributed by atoms with Crippen LogP contribution in [0.2, 0.25) is 5.02 Å². The molecule has 3 N–H and O–H groups in total. The average Bonchev–Trinajstić information content (AvgIpc) is 3.49. The molecular weight excluding hydrogens is 432 g/mol. The highest BCUT2D eigenvalue weighted by Gasteiger charge is 2.44. The normalized spacial score (nSPS) is 22.6. The van der Waals surface area contributed by atoms with Crippen LogP contribution in [-0.4, -0.2) is 43.1 Å². The van der Waals surface area contributed by atoms with Gasteiger partial charge in [0.25, 0.3) is 11.5 Å². The Morgan fingerprint density at radius 3 is 2.84 bits per heavy atom. The molecule has 0 aromatic carbocycles. The largest absolute Gasteiger partial charge is 0.368 e. The molecule has 1 saturated carbocycles. The quantitative estimate of drug-likeness (QED) is 0.610. The van der Waals surface area contributed by atoms with E-state index in [0.717, 1.165) is 12.8 Å². The fraction of sp³-hybridized carbons (Fsp3) is 0.476. The number of hydrogen-bond acceptors (Lipinski definition) is 7. The predicted octanol–water partition coefficient (Wildman–Crippen LogP) is 1.41. The van der Waals surface area contributed by atoms with Crippen molar-refractivity contribution in [2.75, 3.05) is 23.7 Å². The van der Waals surface area contributed by atoms with Crippen LogP contribution in [0.25, 0.3) is 5.52 Å². The van der Waals surface area contributed by atoms with Crippen molar-refractivity contribution in [1.82, 2.24) is 29.5 Å². The lowest BCUT2D eigenvalue weighted by molar-refractivity contribution is 0.0944. The highest BCUT2D eigenvalue weighted by Crippen LogP contribution is 2.43. The van der Waals surface area contributed by atoms with Crippen LogP contribution in [0.1, 0.15) is 47.7 Å². The summed E-state index contributed by atoms with van der Waals surface area (Å²) in [6.07, 6.45) is 4.51. The van der Waals surface area contributed by atoms with E-state index in [2.05, 4.69) is 22.2 Å². The van der Waals surface area contributed by atoms with Crippen molar-refractivity contribution in [3.8, 4) is 0 Å². The highest BCUT2D eigenvalue weighted by atomic mass is 35.5. The molecule has 10 nitrogen and oxygen atoms in total. The van der Waals surface area contributed by atoms with Gasteiger partial charge in [0.15, 0.2) is 5.82 Å². The Morgan fingerprint density at radius 1 is 1.28 bits per heavy atom. The Morgan fingerprint density at radius 2 is 2.09 bits per heavy atom. The van der Waals surface area contributed by atoms with Gasteiger partial charge in [-0.15, -0.1) is 0 Å². The SMILES string of the molecule is C[C@H]1CN(c2nc(N)nc3c2C(=O)NCC3)C1c1nn2ccc(Cl)c2c(=O)n1CC1CC1. The van der Waals surface area contributed by atoms with Gasteiger partial charge in [0.05, 0.1) is 16.8 Å². The number of halogens is 1. The van der Waals surface area contributed by atoms with Crippen LogP contribution in [-0.2, 0) is 13.0 Å². The van der Waals surface area contributed by atoms with E-state index in [0.29, 0.717) is 65.4 Å². The van der Waals surface area contributed by atoms with E-state index in [9.17, 15) is 9.59 Å². The summed E-state index contributed by atoms with van der Waals surface area (Å²) in [4.78, 5) is 36.9. The van der Waals surface area contributed by atoms with Crippen LogP contribution in [0.5, 0.6) is 0 Å². The number of amides is 1. The zero-order valence-electron chi connectivity index (χ0n) is 17.6. The van der Waals surface area contributed by atoms with E-state index in [1.165, 1.54) is 0 Å². The number of carbonyl (C=O) groups is 1. The molecule has 3 aromatic heterocycles. The van der Waals surface area contributed by atoms with Crippen LogP contribution >= 0.6 is 11.6 Å². The molecule has 3 aromatic rings. The minimum atomic E-state index is -0.222. The van der Waals surface area contributed by atoms with Gasteiger partial charge < -0.3 is 16.0 Å². The van der Waals surface area contributed by atoms with Crippen molar-refractivity contribution >= 4 is 34.8 Å². The number of aromatic nitrogens is 5. The number of nitrogens with one attached hydrogen (secondary N) is 1. The molecule has 2 fully saturated rings. The molecule has 0 bridgehead atoms. The fourth-order valence-corrected chi connectivity index (χ4v) is 5.08. The van der Waals surface area contributed by atoms with Crippen LogP contribution < -0.4 is 21.5 Å². The Hall–Kier alpha value is -3.14. The van der Waals surface area contributed by atoms with E-state index in [1.807, 2.05) is 4.90 Å². The molecule has 1 amide bonds. The molecule has 1 aliphatic carbocycles. The van der Waals surface area contributed by atoms with Gasteiger partial charge in [-0.05, 0) is 24.8 Å². The summed E-state index contributed by atoms with van der Waals surface area (Å²) in [6, 6.07) is 1.46. The zero-order valence-corrected chi connectivity index (χ0v) is 18.3. The van der Waals surface area contributed by atoms with E-state index in [4.69, 9.17) is 22.4 Å². The topological polar surface area (TPSA) is 123 Å². The van der Waals surface area contributed by atoms with Crippen molar-refractivity contribution < 1.29 is 4.79 Å². The minimum absolute atomic E-state index is 0.141. The second-order valence-corrected chi connectivity index (χ2v) is 9.39. The fourth-order valence-electron chi connectivity index (χ4n) is 4.85. The third-order valence-electron chi connectivity index (χ3n) is 6.64. The van der Waals surface area contributed by atoms with Crippen molar-refractivity contribution in [3.63, 3.8) is 0 Å². The molecule has 0 radical (unpaired) electrons. The summed E-state index contributed by atoms with van der Waals surface area (Å²) in [7, 11) is 0. The van der Waals surface area contributed by atoms with E-state index < -0.39 is 0 Å². The average molecular weight is 455 g/mol. The van der Waals surface area contributed by atoms with Gasteiger partial charge in [0, 0.05) is 38.2 Å². The van der Waals surface area contributed by atoms with Gasteiger partial charge in [0.2, 0.25) is 5.95 Å². The summed E-state index contributed by atoms with van der Waals surface area (Å²) < 4.78 is 3.33. The van der Waals surface area contributed by atoms with Crippen LogP contribution in [0.4, 0.5) is 11.8 Å². The smallest absolute Gasteiger partial charge is 0.279 e. The first kappa shape index (κ1) is 19.5. The molecule has 0 spiro atoms. The molecular formula is C21H23ClN8O2. The Bertz CT molecular complexity index is 1330. The predicted molar refractivity (Wildman–Crippen MR) is 119 cm³/mol. The molecule has 5 heterocycles. The third-order valence-corrected chi connectivity index (χ3v) is 6.95. The van der Waals surface area contributed by atoms with Gasteiger partial charge >= 0.3 is 0 Å². The lowest BCUT2D eigenvalue weighted by atomic mass is 9.88. The molecule has 1 saturated heterocycles. The lowest BCUT2D eigenvalue weighted by Gasteiger charge is -2.48. The van der Waals surface area contributed by atoms with Gasteiger partial charge in [-0.2, -0.15) is 10.1 Å². The summed E-state index contributed by atoms with van der Waals surface area (Å²) in [5, 5.41) is 8.09. The first-order chi connectivity index (χ1) is 15.4. The number of carbonyl (C=O) groups excluding carboxylic acids is 1. The second-order valence-electron chi connectivity index (χ2n) is 8.98. The maximum atomic E-state index is 13.4. The van der Waals surface area contributed by atoms with Crippen LogP contribution in [0.3, 0.4) is 0 Å². The molecule has 3 aliphatic rings. The summed E-state index contributed by atoms with van der Waals surface area (Å²) in [5.41, 5.74) is 7.36. The second kappa shape index (κ2) is 6.93. The highest BCUT2D eigenvalue weighted by molar-refractivity contribution is 6.33. The van der Waals surface area contributed by atoms with Crippen molar-refractivity contribution in [1.29, 1.82) is 0 Å². The van der Waals surface area contributed by atoms with Gasteiger partial charge in [-0.25, -0.2) is 9.50 Å². The standard InChI is InChI=1S/C21H23ClN8O2/c1-10-8-28(17-14-13(25-21(23)26-17)4-6-24-19(14)31)15(10)18-27-30-7-5-12(22)16(30)20(32)29(18)9-11-2-3-11/h5,7,10-11,15H,2-4,6,8-9H2,1H3,(H,24,31)(H2,23,25,26)/t10-,15?/m0/s1. The Balaban J connectivity index is 1.51. The summed E-state index contributed by atoms with van der Waals surface area (Å²) >= 11 is 6.29. The first-order valence-corrected chi connectivity index (χ1v) is 11.3. The number of fused-ring (bicyclic) bond motifs is 2. The maximum Gasteiger partial charge on any atom is 0.279 e. The lowest BCUT2D eigenvalue weighted by Crippen LogP contribution is -2.53. The van der Waals surface area contributed by atoms with Crippen molar-refractivity contribution in [2.45, 2.75) is 38.8 Å². The number of nitrogens with two attached hydrogens (primary N) is 1. The third kappa shape index (κ3) is 2.89. The van der Waals surface area contributed by atoms with Gasteiger partial charge in [0.1, 0.15) is 16.9 Å².